The van der Waals surface area contributed by atoms with Crippen LogP contribution in [0.1, 0.15) is 46.3 Å². The highest BCUT2D eigenvalue weighted by Crippen LogP contribution is 2.34. The Morgan fingerprint density at radius 2 is 1.94 bits per heavy atom. The summed E-state index contributed by atoms with van der Waals surface area (Å²) in [6.07, 6.45) is 1.47. The molecule has 3 amide bonds. The molecule has 2 aromatic rings. The molecular weight excluding hydrogens is 422 g/mol. The van der Waals surface area contributed by atoms with E-state index >= 15 is 0 Å². The molecule has 31 heavy (non-hydrogen) atoms. The fourth-order valence-corrected chi connectivity index (χ4v) is 4.18. The van der Waals surface area contributed by atoms with Crippen molar-refractivity contribution in [3.8, 4) is 11.5 Å². The number of likely N-dealkylation sites (tertiary alicyclic amines) is 1. The zero-order valence-corrected chi connectivity index (χ0v) is 18.0. The number of anilines is 1. The molecule has 1 atom stereocenters. The summed E-state index contributed by atoms with van der Waals surface area (Å²) in [5, 5.41) is 13.6. The van der Waals surface area contributed by atoms with E-state index in [-0.39, 0.29) is 40.6 Å². The quantitative estimate of drug-likeness (QED) is 0.720. The number of fused-ring (bicyclic) bond motifs is 1. The van der Waals surface area contributed by atoms with Crippen LogP contribution in [0.4, 0.5) is 5.69 Å². The lowest BCUT2D eigenvalue weighted by molar-refractivity contribution is -0.126. The molecule has 1 aromatic carbocycles. The van der Waals surface area contributed by atoms with Crippen LogP contribution in [-0.2, 0) is 4.79 Å². The van der Waals surface area contributed by atoms with E-state index in [4.69, 9.17) is 9.47 Å². The van der Waals surface area contributed by atoms with E-state index in [1.807, 2.05) is 13.8 Å². The molecule has 2 N–H and O–H groups in total. The number of rotatable bonds is 5. The minimum atomic E-state index is -0.469. The molecule has 1 unspecified atom stereocenters. The fraction of sp³-hybridized carbons (Fsp3) is 0.450. The molecule has 4 rings (SSSR count). The zero-order chi connectivity index (χ0) is 22.0. The van der Waals surface area contributed by atoms with Gasteiger partial charge in [-0.25, -0.2) is 0 Å². The first kappa shape index (κ1) is 21.0. The number of benzene rings is 1. The summed E-state index contributed by atoms with van der Waals surface area (Å²) in [7, 11) is 0. The summed E-state index contributed by atoms with van der Waals surface area (Å²) in [6, 6.07) is 5.10. The van der Waals surface area contributed by atoms with E-state index in [1.165, 1.54) is 0 Å². The molecule has 0 radical (unpaired) electrons. The van der Waals surface area contributed by atoms with Crippen molar-refractivity contribution in [1.29, 1.82) is 0 Å². The van der Waals surface area contributed by atoms with Gasteiger partial charge in [0.2, 0.25) is 22.7 Å². The summed E-state index contributed by atoms with van der Waals surface area (Å²) in [6.45, 7) is 4.82. The van der Waals surface area contributed by atoms with Crippen LogP contribution in [0, 0.1) is 5.92 Å². The Morgan fingerprint density at radius 1 is 1.16 bits per heavy atom. The Bertz CT molecular complexity index is 1010. The maximum absolute atomic E-state index is 12.9. The van der Waals surface area contributed by atoms with Gasteiger partial charge in [-0.05, 0) is 38.8 Å². The van der Waals surface area contributed by atoms with Crippen molar-refractivity contribution in [1.82, 2.24) is 20.4 Å². The highest BCUT2D eigenvalue weighted by Gasteiger charge is 2.31. The Hall–Kier alpha value is -3.21. The average molecular weight is 446 g/mol. The van der Waals surface area contributed by atoms with Gasteiger partial charge in [0.25, 0.3) is 11.8 Å². The molecule has 2 aliphatic heterocycles. The molecule has 1 fully saturated rings. The predicted octanol–water partition coefficient (Wildman–Crippen LogP) is 1.90. The van der Waals surface area contributed by atoms with E-state index in [1.54, 1.807) is 23.1 Å². The molecule has 0 saturated carbocycles. The first-order valence-corrected chi connectivity index (χ1v) is 10.9. The van der Waals surface area contributed by atoms with Crippen molar-refractivity contribution in [2.75, 3.05) is 25.2 Å². The van der Waals surface area contributed by atoms with E-state index in [9.17, 15) is 14.4 Å². The molecular formula is C20H23N5O5S. The third-order valence-corrected chi connectivity index (χ3v) is 5.85. The minimum Gasteiger partial charge on any atom is -0.454 e. The van der Waals surface area contributed by atoms with Crippen molar-refractivity contribution in [3.05, 3.63) is 28.2 Å². The molecule has 3 heterocycles. The van der Waals surface area contributed by atoms with E-state index in [0.29, 0.717) is 30.3 Å². The first-order chi connectivity index (χ1) is 14.9. The molecule has 0 aliphatic carbocycles. The van der Waals surface area contributed by atoms with Gasteiger partial charge < -0.3 is 25.0 Å². The van der Waals surface area contributed by atoms with E-state index < -0.39 is 5.91 Å². The Kier molecular flexibility index (Phi) is 6.03. The number of piperidine rings is 1. The van der Waals surface area contributed by atoms with Gasteiger partial charge >= 0.3 is 0 Å². The summed E-state index contributed by atoms with van der Waals surface area (Å²) in [5.41, 5.74) is 0.521. The van der Waals surface area contributed by atoms with Crippen LogP contribution < -0.4 is 20.1 Å². The third-order valence-electron chi connectivity index (χ3n) is 4.94. The van der Waals surface area contributed by atoms with Crippen molar-refractivity contribution in [2.24, 2.45) is 5.92 Å². The minimum absolute atomic E-state index is 0.0476. The van der Waals surface area contributed by atoms with E-state index in [0.717, 1.165) is 24.2 Å². The van der Waals surface area contributed by atoms with Gasteiger partial charge in [-0.15, -0.1) is 10.2 Å². The van der Waals surface area contributed by atoms with Crippen LogP contribution in [0.5, 0.6) is 11.5 Å². The largest absolute Gasteiger partial charge is 0.454 e. The number of nitrogens with one attached hydrogen (secondary N) is 2. The summed E-state index contributed by atoms with van der Waals surface area (Å²) >= 11 is 0.926. The van der Waals surface area contributed by atoms with Gasteiger partial charge in [-0.3, -0.25) is 14.4 Å². The molecule has 11 heteroatoms. The second kappa shape index (κ2) is 8.88. The number of hydrogen-bond donors (Lipinski definition) is 2. The summed E-state index contributed by atoms with van der Waals surface area (Å²) in [5.74, 6) is 0.0797. The lowest BCUT2D eigenvalue weighted by Crippen LogP contribution is -2.46. The smallest absolute Gasteiger partial charge is 0.286 e. The lowest BCUT2D eigenvalue weighted by Gasteiger charge is -2.31. The Morgan fingerprint density at radius 3 is 2.74 bits per heavy atom. The number of aromatic nitrogens is 2. The van der Waals surface area contributed by atoms with Gasteiger partial charge in [0.1, 0.15) is 0 Å². The molecule has 0 bridgehead atoms. The highest BCUT2D eigenvalue weighted by molar-refractivity contribution is 7.15. The number of amides is 3. The number of nitrogens with zero attached hydrogens (tertiary/aromatic N) is 3. The van der Waals surface area contributed by atoms with Gasteiger partial charge in [0.05, 0.1) is 5.92 Å². The van der Waals surface area contributed by atoms with Crippen LogP contribution in [-0.4, -0.2) is 58.7 Å². The topological polar surface area (TPSA) is 123 Å². The molecule has 1 aromatic heterocycles. The number of carbonyl (C=O) groups excluding carboxylic acids is 3. The summed E-state index contributed by atoms with van der Waals surface area (Å²) < 4.78 is 10.5. The van der Waals surface area contributed by atoms with Crippen LogP contribution in [0.2, 0.25) is 0 Å². The molecule has 10 nitrogen and oxygen atoms in total. The van der Waals surface area contributed by atoms with E-state index in [2.05, 4.69) is 20.8 Å². The highest BCUT2D eigenvalue weighted by atomic mass is 32.1. The number of carbonyl (C=O) groups is 3. The number of ether oxygens (including phenoxy) is 2. The van der Waals surface area contributed by atoms with Crippen molar-refractivity contribution >= 4 is 34.7 Å². The van der Waals surface area contributed by atoms with Crippen LogP contribution in [0.25, 0.3) is 0 Å². The third kappa shape index (κ3) is 4.76. The number of hydrogen-bond acceptors (Lipinski definition) is 8. The van der Waals surface area contributed by atoms with Gasteiger partial charge in [-0.1, -0.05) is 11.3 Å². The SMILES string of the molecule is CC(C)NC(=O)C1CCCN(C(=O)c2nnc(C(=O)Nc3ccc4c(c3)OCO4)s2)C1. The Labute approximate surface area is 182 Å². The fourth-order valence-electron chi connectivity index (χ4n) is 3.47. The average Bonchev–Trinajstić information content (AvgIpc) is 3.42. The van der Waals surface area contributed by atoms with Crippen LogP contribution >= 0.6 is 11.3 Å². The molecule has 1 saturated heterocycles. The van der Waals surface area contributed by atoms with Crippen molar-refractivity contribution in [2.45, 2.75) is 32.7 Å². The van der Waals surface area contributed by atoms with Crippen molar-refractivity contribution < 1.29 is 23.9 Å². The monoisotopic (exact) mass is 445 g/mol. The molecule has 0 spiro atoms. The standard InChI is InChI=1S/C20H23N5O5S/c1-11(2)21-16(26)12-4-3-7-25(9-12)20(28)19-24-23-18(31-19)17(27)22-13-5-6-14-15(8-13)30-10-29-14/h5-6,8,11-12H,3-4,7,9-10H2,1-2H3,(H,21,26)(H,22,27). The normalized spacial score (nSPS) is 17.5. The molecule has 2 aliphatic rings. The van der Waals surface area contributed by atoms with Crippen molar-refractivity contribution in [3.63, 3.8) is 0 Å². The first-order valence-electron chi connectivity index (χ1n) is 10.0. The van der Waals surface area contributed by atoms with Crippen LogP contribution in [0.15, 0.2) is 18.2 Å². The zero-order valence-electron chi connectivity index (χ0n) is 17.2. The maximum Gasteiger partial charge on any atom is 0.286 e. The van der Waals surface area contributed by atoms with Gasteiger partial charge in [-0.2, -0.15) is 0 Å². The lowest BCUT2D eigenvalue weighted by atomic mass is 9.97. The predicted molar refractivity (Wildman–Crippen MR) is 112 cm³/mol. The maximum atomic E-state index is 12.9. The second-order valence-electron chi connectivity index (χ2n) is 7.69. The van der Waals surface area contributed by atoms with Crippen LogP contribution in [0.3, 0.4) is 0 Å². The van der Waals surface area contributed by atoms with Gasteiger partial charge in [0, 0.05) is 30.9 Å². The second-order valence-corrected chi connectivity index (χ2v) is 8.67. The Balaban J connectivity index is 1.39. The van der Waals surface area contributed by atoms with Gasteiger partial charge in [0.15, 0.2) is 11.5 Å². The summed E-state index contributed by atoms with van der Waals surface area (Å²) in [4.78, 5) is 39.3. The molecule has 164 valence electrons.